The molecule has 0 aliphatic heterocycles. The molecule has 1 aliphatic rings. The number of hydrogen-bond acceptors (Lipinski definition) is 4. The SMILES string of the molecule is COc1ccc(CC(=O)NNC(=O)C(=O)NC2CC2)cc1. The molecule has 1 saturated carbocycles. The first-order valence-electron chi connectivity index (χ1n) is 6.61. The van der Waals surface area contributed by atoms with Gasteiger partial charge in [-0.1, -0.05) is 12.1 Å². The zero-order valence-electron chi connectivity index (χ0n) is 11.6. The number of hydrazine groups is 1. The third kappa shape index (κ3) is 4.79. The predicted molar refractivity (Wildman–Crippen MR) is 74.1 cm³/mol. The first-order valence-corrected chi connectivity index (χ1v) is 6.61. The van der Waals surface area contributed by atoms with Crippen LogP contribution >= 0.6 is 0 Å². The van der Waals surface area contributed by atoms with Gasteiger partial charge in [0.1, 0.15) is 5.75 Å². The topological polar surface area (TPSA) is 96.5 Å². The van der Waals surface area contributed by atoms with Crippen molar-refractivity contribution in [2.24, 2.45) is 0 Å². The number of carbonyl (C=O) groups excluding carboxylic acids is 3. The Labute approximate surface area is 122 Å². The van der Waals surface area contributed by atoms with Gasteiger partial charge in [-0.25, -0.2) is 0 Å². The van der Waals surface area contributed by atoms with E-state index in [4.69, 9.17) is 4.74 Å². The second-order valence-electron chi connectivity index (χ2n) is 4.77. The number of nitrogens with one attached hydrogen (secondary N) is 3. The molecule has 0 atom stereocenters. The summed E-state index contributed by atoms with van der Waals surface area (Å²) < 4.78 is 5.01. The van der Waals surface area contributed by atoms with Gasteiger partial charge in [-0.15, -0.1) is 0 Å². The molecule has 1 aromatic carbocycles. The predicted octanol–water partition coefficient (Wildman–Crippen LogP) is -0.336. The van der Waals surface area contributed by atoms with Crippen molar-refractivity contribution in [2.45, 2.75) is 25.3 Å². The number of carbonyl (C=O) groups is 3. The largest absolute Gasteiger partial charge is 0.497 e. The van der Waals surface area contributed by atoms with E-state index in [2.05, 4.69) is 16.2 Å². The first-order chi connectivity index (χ1) is 10.1. The smallest absolute Gasteiger partial charge is 0.327 e. The van der Waals surface area contributed by atoms with Gasteiger partial charge < -0.3 is 10.1 Å². The second kappa shape index (κ2) is 6.74. The van der Waals surface area contributed by atoms with E-state index in [0.29, 0.717) is 5.75 Å². The molecular weight excluding hydrogens is 274 g/mol. The van der Waals surface area contributed by atoms with Crippen LogP contribution in [0.4, 0.5) is 0 Å². The quantitative estimate of drug-likeness (QED) is 0.522. The molecule has 7 heteroatoms. The zero-order chi connectivity index (χ0) is 15.2. The van der Waals surface area contributed by atoms with Crippen LogP contribution in [-0.4, -0.2) is 30.9 Å². The minimum absolute atomic E-state index is 0.0918. The van der Waals surface area contributed by atoms with Crippen molar-refractivity contribution in [1.82, 2.24) is 16.2 Å². The van der Waals surface area contributed by atoms with Crippen molar-refractivity contribution in [3.8, 4) is 5.75 Å². The molecule has 0 saturated heterocycles. The molecule has 0 heterocycles. The van der Waals surface area contributed by atoms with Crippen LogP contribution in [0.2, 0.25) is 0 Å². The molecule has 3 N–H and O–H groups in total. The lowest BCUT2D eigenvalue weighted by atomic mass is 10.1. The van der Waals surface area contributed by atoms with Crippen LogP contribution in [0, 0.1) is 0 Å². The molecular formula is C14H17N3O4. The van der Waals surface area contributed by atoms with Crippen LogP contribution < -0.4 is 20.9 Å². The third-order valence-electron chi connectivity index (χ3n) is 2.96. The van der Waals surface area contributed by atoms with E-state index in [0.717, 1.165) is 18.4 Å². The van der Waals surface area contributed by atoms with Gasteiger partial charge in [0.05, 0.1) is 13.5 Å². The second-order valence-corrected chi connectivity index (χ2v) is 4.77. The van der Waals surface area contributed by atoms with Gasteiger partial charge in [0, 0.05) is 6.04 Å². The Bertz CT molecular complexity index is 538. The van der Waals surface area contributed by atoms with Crippen LogP contribution in [0.3, 0.4) is 0 Å². The summed E-state index contributed by atoms with van der Waals surface area (Å²) >= 11 is 0. The Morgan fingerprint density at radius 1 is 1.10 bits per heavy atom. The number of amides is 3. The van der Waals surface area contributed by atoms with Gasteiger partial charge in [0.2, 0.25) is 5.91 Å². The molecule has 0 aromatic heterocycles. The van der Waals surface area contributed by atoms with Crippen LogP contribution in [0.15, 0.2) is 24.3 Å². The van der Waals surface area contributed by atoms with Gasteiger partial charge >= 0.3 is 11.8 Å². The lowest BCUT2D eigenvalue weighted by Crippen LogP contribution is -2.49. The standard InChI is InChI=1S/C14H17N3O4/c1-21-11-6-2-9(3-7-11)8-12(18)16-17-14(20)13(19)15-10-4-5-10/h2-3,6-7,10H,4-5,8H2,1H3,(H,15,19)(H,16,18)(H,17,20). The number of rotatable bonds is 4. The average Bonchev–Trinajstić information content (AvgIpc) is 3.29. The molecule has 21 heavy (non-hydrogen) atoms. The van der Waals surface area contributed by atoms with E-state index >= 15 is 0 Å². The monoisotopic (exact) mass is 291 g/mol. The van der Waals surface area contributed by atoms with E-state index in [1.165, 1.54) is 0 Å². The van der Waals surface area contributed by atoms with Gasteiger partial charge in [0.25, 0.3) is 0 Å². The van der Waals surface area contributed by atoms with Gasteiger partial charge in [-0.2, -0.15) is 0 Å². The highest BCUT2D eigenvalue weighted by atomic mass is 16.5. The van der Waals surface area contributed by atoms with Gasteiger partial charge in [0.15, 0.2) is 0 Å². The Balaban J connectivity index is 1.73. The van der Waals surface area contributed by atoms with Crippen LogP contribution in [0.1, 0.15) is 18.4 Å². The molecule has 0 unspecified atom stereocenters. The summed E-state index contributed by atoms with van der Waals surface area (Å²) in [5.74, 6) is -1.32. The summed E-state index contributed by atoms with van der Waals surface area (Å²) in [6.07, 6.45) is 1.88. The molecule has 7 nitrogen and oxygen atoms in total. The number of benzene rings is 1. The molecule has 1 aromatic rings. The summed E-state index contributed by atoms with van der Waals surface area (Å²) in [6, 6.07) is 7.08. The van der Waals surface area contributed by atoms with E-state index in [1.54, 1.807) is 31.4 Å². The van der Waals surface area contributed by atoms with Crippen molar-refractivity contribution in [1.29, 1.82) is 0 Å². The maximum Gasteiger partial charge on any atom is 0.327 e. The highest BCUT2D eigenvalue weighted by molar-refractivity contribution is 6.35. The molecule has 3 amide bonds. The fourth-order valence-corrected chi connectivity index (χ4v) is 1.63. The fraction of sp³-hybridized carbons (Fsp3) is 0.357. The van der Waals surface area contributed by atoms with Crippen molar-refractivity contribution in [3.05, 3.63) is 29.8 Å². The lowest BCUT2D eigenvalue weighted by Gasteiger charge is -2.08. The van der Waals surface area contributed by atoms with E-state index < -0.39 is 17.7 Å². The number of ether oxygens (including phenoxy) is 1. The molecule has 112 valence electrons. The van der Waals surface area contributed by atoms with Crippen molar-refractivity contribution < 1.29 is 19.1 Å². The minimum Gasteiger partial charge on any atom is -0.497 e. The van der Waals surface area contributed by atoms with Crippen LogP contribution in [0.25, 0.3) is 0 Å². The van der Waals surface area contributed by atoms with Gasteiger partial charge in [-0.3, -0.25) is 25.2 Å². The third-order valence-corrected chi connectivity index (χ3v) is 2.96. The molecule has 0 spiro atoms. The van der Waals surface area contributed by atoms with E-state index in [9.17, 15) is 14.4 Å². The summed E-state index contributed by atoms with van der Waals surface area (Å²) in [5.41, 5.74) is 5.05. The zero-order valence-corrected chi connectivity index (χ0v) is 11.6. The number of methoxy groups -OCH3 is 1. The average molecular weight is 291 g/mol. The summed E-state index contributed by atoms with van der Waals surface area (Å²) in [7, 11) is 1.56. The Hall–Kier alpha value is -2.57. The fourth-order valence-electron chi connectivity index (χ4n) is 1.63. The number of hydrogen-bond donors (Lipinski definition) is 3. The molecule has 1 fully saturated rings. The Kier molecular flexibility index (Phi) is 4.76. The lowest BCUT2D eigenvalue weighted by molar-refractivity contribution is -0.140. The van der Waals surface area contributed by atoms with Crippen molar-refractivity contribution >= 4 is 17.7 Å². The molecule has 1 aliphatic carbocycles. The van der Waals surface area contributed by atoms with Crippen LogP contribution in [0.5, 0.6) is 5.75 Å². The van der Waals surface area contributed by atoms with E-state index in [1.807, 2.05) is 0 Å². The normalized spacial score (nSPS) is 13.2. The summed E-state index contributed by atoms with van der Waals surface area (Å²) in [4.78, 5) is 34.4. The highest BCUT2D eigenvalue weighted by Crippen LogP contribution is 2.18. The van der Waals surface area contributed by atoms with E-state index in [-0.39, 0.29) is 12.5 Å². The first kappa shape index (κ1) is 14.8. The molecule has 2 rings (SSSR count). The Morgan fingerprint density at radius 2 is 1.76 bits per heavy atom. The maximum absolute atomic E-state index is 11.6. The maximum atomic E-state index is 11.6. The minimum atomic E-state index is -0.870. The highest BCUT2D eigenvalue weighted by Gasteiger charge is 2.26. The molecule has 0 radical (unpaired) electrons. The van der Waals surface area contributed by atoms with Crippen molar-refractivity contribution in [2.75, 3.05) is 7.11 Å². The summed E-state index contributed by atoms with van der Waals surface area (Å²) in [5, 5.41) is 2.52. The van der Waals surface area contributed by atoms with Crippen LogP contribution in [-0.2, 0) is 20.8 Å². The van der Waals surface area contributed by atoms with Crippen molar-refractivity contribution in [3.63, 3.8) is 0 Å². The van der Waals surface area contributed by atoms with Gasteiger partial charge in [-0.05, 0) is 30.5 Å². The molecule has 0 bridgehead atoms. The Morgan fingerprint density at radius 3 is 2.33 bits per heavy atom. The summed E-state index contributed by atoms with van der Waals surface area (Å²) in [6.45, 7) is 0.